The smallest absolute Gasteiger partial charge is 0.0499 e. The number of piperidine rings is 2. The topological polar surface area (TPSA) is 6.48 Å². The molecule has 2 heterocycles. The second kappa shape index (κ2) is 9.48. The molecule has 0 aliphatic carbocycles. The van der Waals surface area contributed by atoms with Crippen LogP contribution in [0.5, 0.6) is 0 Å². The average Bonchev–Trinajstić information content (AvgIpc) is 2.54. The van der Waals surface area contributed by atoms with Crippen molar-refractivity contribution >= 4 is 12.6 Å². The van der Waals surface area contributed by atoms with E-state index in [0.29, 0.717) is 11.3 Å². The number of thiol groups is 1. The lowest BCUT2D eigenvalue weighted by Crippen LogP contribution is -2.42. The number of allylic oxidation sites excluding steroid dienone is 1. The maximum atomic E-state index is 4.57. The standard InChI is InChI=1S/C20H38N2S/c1-16(2)17(3)5-6-19-7-11-21(12-8-19)15-20-9-13-22(14-10-20)18(4)23/h16,18-20,23H,3,5-15H2,1-2,4H3. The summed E-state index contributed by atoms with van der Waals surface area (Å²) in [5.74, 6) is 2.50. The van der Waals surface area contributed by atoms with Gasteiger partial charge in [0.25, 0.3) is 0 Å². The summed E-state index contributed by atoms with van der Waals surface area (Å²) >= 11 is 4.57. The molecular formula is C20H38N2S. The molecule has 2 nitrogen and oxygen atoms in total. The molecule has 0 aromatic rings. The maximum absolute atomic E-state index is 4.57. The van der Waals surface area contributed by atoms with E-state index in [1.165, 1.54) is 76.8 Å². The van der Waals surface area contributed by atoms with E-state index in [1.807, 2.05) is 0 Å². The largest absolute Gasteiger partial charge is 0.303 e. The zero-order valence-electron chi connectivity index (χ0n) is 15.6. The Labute approximate surface area is 150 Å². The first-order chi connectivity index (χ1) is 11.0. The molecule has 2 saturated heterocycles. The molecule has 1 unspecified atom stereocenters. The summed E-state index contributed by atoms with van der Waals surface area (Å²) in [5.41, 5.74) is 1.44. The van der Waals surface area contributed by atoms with E-state index in [-0.39, 0.29) is 0 Å². The average molecular weight is 339 g/mol. The zero-order valence-corrected chi connectivity index (χ0v) is 16.5. The van der Waals surface area contributed by atoms with Gasteiger partial charge in [-0.15, -0.1) is 0 Å². The fraction of sp³-hybridized carbons (Fsp3) is 0.900. The Balaban J connectivity index is 1.61. The molecule has 0 saturated carbocycles. The van der Waals surface area contributed by atoms with Crippen molar-refractivity contribution in [3.63, 3.8) is 0 Å². The van der Waals surface area contributed by atoms with Gasteiger partial charge in [0.15, 0.2) is 0 Å². The quantitative estimate of drug-likeness (QED) is 0.532. The molecule has 0 N–H and O–H groups in total. The van der Waals surface area contributed by atoms with Crippen LogP contribution in [-0.2, 0) is 0 Å². The zero-order chi connectivity index (χ0) is 16.8. The van der Waals surface area contributed by atoms with Crippen LogP contribution in [0.2, 0.25) is 0 Å². The summed E-state index contributed by atoms with van der Waals surface area (Å²) < 4.78 is 0. The molecule has 2 fully saturated rings. The van der Waals surface area contributed by atoms with Gasteiger partial charge in [0.05, 0.1) is 0 Å². The lowest BCUT2D eigenvalue weighted by molar-refractivity contribution is 0.114. The first-order valence-corrected chi connectivity index (χ1v) is 10.3. The normalized spacial score (nSPS) is 24.2. The van der Waals surface area contributed by atoms with Crippen LogP contribution in [-0.4, -0.2) is 47.9 Å². The van der Waals surface area contributed by atoms with E-state index >= 15 is 0 Å². The Bertz CT molecular complexity index is 351. The molecule has 134 valence electrons. The number of nitrogens with zero attached hydrogens (tertiary/aromatic N) is 2. The molecular weight excluding hydrogens is 300 g/mol. The van der Waals surface area contributed by atoms with Gasteiger partial charge in [0.1, 0.15) is 0 Å². The summed E-state index contributed by atoms with van der Waals surface area (Å²) in [6.45, 7) is 17.4. The molecule has 3 heteroatoms. The highest BCUT2D eigenvalue weighted by Crippen LogP contribution is 2.27. The van der Waals surface area contributed by atoms with Crippen molar-refractivity contribution in [1.29, 1.82) is 0 Å². The van der Waals surface area contributed by atoms with Crippen molar-refractivity contribution < 1.29 is 0 Å². The number of hydrogen-bond acceptors (Lipinski definition) is 3. The van der Waals surface area contributed by atoms with Gasteiger partial charge in [-0.1, -0.05) is 26.0 Å². The van der Waals surface area contributed by atoms with E-state index in [1.54, 1.807) is 0 Å². The fourth-order valence-corrected chi connectivity index (χ4v) is 4.24. The highest BCUT2D eigenvalue weighted by molar-refractivity contribution is 7.80. The predicted octanol–water partition coefficient (Wildman–Crippen LogP) is 4.68. The Morgan fingerprint density at radius 1 is 1.00 bits per heavy atom. The van der Waals surface area contributed by atoms with Gasteiger partial charge >= 0.3 is 0 Å². The predicted molar refractivity (Wildman–Crippen MR) is 105 cm³/mol. The fourth-order valence-electron chi connectivity index (χ4n) is 4.01. The van der Waals surface area contributed by atoms with Crippen LogP contribution in [0.4, 0.5) is 0 Å². The highest BCUT2D eigenvalue weighted by atomic mass is 32.1. The molecule has 2 rings (SSSR count). The molecule has 0 aromatic carbocycles. The molecule has 2 aliphatic rings. The van der Waals surface area contributed by atoms with Gasteiger partial charge in [0.2, 0.25) is 0 Å². The van der Waals surface area contributed by atoms with Crippen LogP contribution in [0.25, 0.3) is 0 Å². The minimum Gasteiger partial charge on any atom is -0.303 e. The Morgan fingerprint density at radius 3 is 2.09 bits per heavy atom. The molecule has 0 amide bonds. The van der Waals surface area contributed by atoms with Gasteiger partial charge < -0.3 is 4.90 Å². The first kappa shape index (κ1) is 19.3. The van der Waals surface area contributed by atoms with Crippen LogP contribution in [0.3, 0.4) is 0 Å². The molecule has 0 spiro atoms. The van der Waals surface area contributed by atoms with E-state index < -0.39 is 0 Å². The first-order valence-electron chi connectivity index (χ1n) is 9.77. The summed E-state index contributed by atoms with van der Waals surface area (Å²) in [6, 6.07) is 0. The van der Waals surface area contributed by atoms with Gasteiger partial charge in [-0.05, 0) is 89.4 Å². The molecule has 1 atom stereocenters. The monoisotopic (exact) mass is 338 g/mol. The van der Waals surface area contributed by atoms with Gasteiger partial charge in [-0.3, -0.25) is 4.90 Å². The Morgan fingerprint density at radius 2 is 1.57 bits per heavy atom. The lowest BCUT2D eigenvalue weighted by atomic mass is 9.88. The van der Waals surface area contributed by atoms with Crippen molar-refractivity contribution in [3.8, 4) is 0 Å². The molecule has 0 bridgehead atoms. The second-order valence-corrected chi connectivity index (χ2v) is 8.95. The van der Waals surface area contributed by atoms with Crippen molar-refractivity contribution in [1.82, 2.24) is 9.80 Å². The summed E-state index contributed by atoms with van der Waals surface area (Å²) in [6.07, 6.45) is 8.12. The van der Waals surface area contributed by atoms with Crippen LogP contribution in [0.15, 0.2) is 12.2 Å². The van der Waals surface area contributed by atoms with E-state index in [0.717, 1.165) is 11.8 Å². The van der Waals surface area contributed by atoms with Crippen LogP contribution < -0.4 is 0 Å². The van der Waals surface area contributed by atoms with Crippen LogP contribution in [0.1, 0.15) is 59.3 Å². The Hall–Kier alpha value is 0.0100. The summed E-state index contributed by atoms with van der Waals surface area (Å²) in [4.78, 5) is 5.24. The minimum atomic E-state index is 0.423. The second-order valence-electron chi connectivity index (χ2n) is 8.21. The third-order valence-electron chi connectivity index (χ3n) is 6.09. The molecule has 2 aliphatic heterocycles. The van der Waals surface area contributed by atoms with Gasteiger partial charge in [-0.25, -0.2) is 0 Å². The van der Waals surface area contributed by atoms with E-state index in [4.69, 9.17) is 0 Å². The van der Waals surface area contributed by atoms with Crippen LogP contribution >= 0.6 is 12.6 Å². The van der Waals surface area contributed by atoms with Crippen molar-refractivity contribution in [3.05, 3.63) is 12.2 Å². The van der Waals surface area contributed by atoms with E-state index in [9.17, 15) is 0 Å². The summed E-state index contributed by atoms with van der Waals surface area (Å²) in [7, 11) is 0. The lowest BCUT2D eigenvalue weighted by Gasteiger charge is -2.38. The minimum absolute atomic E-state index is 0.423. The number of rotatable bonds is 7. The number of hydrogen-bond donors (Lipinski definition) is 1. The van der Waals surface area contributed by atoms with Gasteiger partial charge in [-0.2, -0.15) is 12.6 Å². The third-order valence-corrected chi connectivity index (χ3v) is 6.42. The maximum Gasteiger partial charge on any atom is 0.0499 e. The van der Waals surface area contributed by atoms with Crippen LogP contribution in [0, 0.1) is 17.8 Å². The van der Waals surface area contributed by atoms with Crippen molar-refractivity contribution in [2.75, 3.05) is 32.7 Å². The molecule has 23 heavy (non-hydrogen) atoms. The Kier molecular flexibility index (Phi) is 7.97. The summed E-state index contributed by atoms with van der Waals surface area (Å²) in [5, 5.41) is 0.423. The van der Waals surface area contributed by atoms with Crippen molar-refractivity contribution in [2.24, 2.45) is 17.8 Å². The SMILES string of the molecule is C=C(CCC1CCN(CC2CCN(C(C)S)CC2)CC1)C(C)C. The van der Waals surface area contributed by atoms with E-state index in [2.05, 4.69) is 49.8 Å². The number of likely N-dealkylation sites (tertiary alicyclic amines) is 2. The molecule has 0 aromatic heterocycles. The highest BCUT2D eigenvalue weighted by Gasteiger charge is 2.25. The molecule has 0 radical (unpaired) electrons. The van der Waals surface area contributed by atoms with Gasteiger partial charge in [0, 0.05) is 11.9 Å². The van der Waals surface area contributed by atoms with Crippen molar-refractivity contribution in [2.45, 2.75) is 64.7 Å². The third kappa shape index (κ3) is 6.43.